The van der Waals surface area contributed by atoms with Crippen LogP contribution in [0.1, 0.15) is 45.6 Å². The summed E-state index contributed by atoms with van der Waals surface area (Å²) in [4.78, 5) is 5.04. The lowest BCUT2D eigenvalue weighted by Crippen LogP contribution is -2.38. The molecule has 1 fully saturated rings. The molecule has 0 radical (unpaired) electrons. The highest BCUT2D eigenvalue weighted by Crippen LogP contribution is 2.15. The number of likely N-dealkylation sites (N-methyl/N-ethyl adjacent to an activating group) is 1. The summed E-state index contributed by atoms with van der Waals surface area (Å²) < 4.78 is 0. The second-order valence-electron chi connectivity index (χ2n) is 6.45. The minimum absolute atomic E-state index is 0.934. The molecule has 2 heteroatoms. The van der Waals surface area contributed by atoms with Crippen molar-refractivity contribution in [1.82, 2.24) is 9.80 Å². The van der Waals surface area contributed by atoms with Gasteiger partial charge in [0.05, 0.1) is 0 Å². The van der Waals surface area contributed by atoms with E-state index in [2.05, 4.69) is 68.0 Å². The summed E-state index contributed by atoms with van der Waals surface area (Å²) in [5, 5.41) is 0. The van der Waals surface area contributed by atoms with Gasteiger partial charge in [-0.1, -0.05) is 57.5 Å². The van der Waals surface area contributed by atoms with Crippen molar-refractivity contribution >= 4 is 0 Å². The van der Waals surface area contributed by atoms with Crippen molar-refractivity contribution in [3.05, 3.63) is 35.9 Å². The molecule has 2 nitrogen and oxygen atoms in total. The molecule has 1 saturated heterocycles. The minimum Gasteiger partial charge on any atom is -0.302 e. The Balaban J connectivity index is 0.000000677. The van der Waals surface area contributed by atoms with Gasteiger partial charge in [-0.05, 0) is 44.5 Å². The topological polar surface area (TPSA) is 6.48 Å². The van der Waals surface area contributed by atoms with Gasteiger partial charge in [-0.25, -0.2) is 0 Å². The molecule has 0 amide bonds. The predicted molar refractivity (Wildman–Crippen MR) is 93.6 cm³/mol. The van der Waals surface area contributed by atoms with E-state index in [0.717, 1.165) is 12.5 Å². The third-order valence-corrected chi connectivity index (χ3v) is 3.97. The van der Waals surface area contributed by atoms with Crippen molar-refractivity contribution in [1.29, 1.82) is 0 Å². The van der Waals surface area contributed by atoms with Crippen LogP contribution in [0, 0.1) is 5.92 Å². The molecule has 1 aliphatic heterocycles. The number of likely N-dealkylation sites (tertiary alicyclic amines) is 1. The summed E-state index contributed by atoms with van der Waals surface area (Å²) in [5.41, 5.74) is 1.41. The van der Waals surface area contributed by atoms with Gasteiger partial charge in [0.25, 0.3) is 0 Å². The van der Waals surface area contributed by atoms with E-state index in [-0.39, 0.29) is 0 Å². The zero-order chi connectivity index (χ0) is 15.5. The lowest BCUT2D eigenvalue weighted by molar-refractivity contribution is 0.169. The zero-order valence-electron chi connectivity index (χ0n) is 14.5. The lowest BCUT2D eigenvalue weighted by Gasteiger charge is -2.31. The number of benzene rings is 1. The monoisotopic (exact) mass is 290 g/mol. The third kappa shape index (κ3) is 8.23. The first-order chi connectivity index (χ1) is 10.2. The first-order valence-corrected chi connectivity index (χ1v) is 8.60. The Bertz CT molecular complexity index is 342. The van der Waals surface area contributed by atoms with Crippen LogP contribution in [0.2, 0.25) is 0 Å². The standard InChI is InChI=1S/C16H26N2.C3H8/c1-15-8-10-18(11-9-15)13-12-17(2)14-16-6-4-3-5-7-16;1-3-2/h3-7,15H,8-14H2,1-2H3;3H2,1-2H3. The van der Waals surface area contributed by atoms with Crippen LogP contribution in [0.3, 0.4) is 0 Å². The highest BCUT2D eigenvalue weighted by molar-refractivity contribution is 5.14. The summed E-state index contributed by atoms with van der Waals surface area (Å²) in [6, 6.07) is 10.7. The van der Waals surface area contributed by atoms with Crippen LogP contribution in [0.4, 0.5) is 0 Å². The van der Waals surface area contributed by atoms with Crippen LogP contribution in [0.5, 0.6) is 0 Å². The Kier molecular flexibility index (Phi) is 9.36. The van der Waals surface area contributed by atoms with Gasteiger partial charge in [0.2, 0.25) is 0 Å². The van der Waals surface area contributed by atoms with Crippen molar-refractivity contribution in [3.63, 3.8) is 0 Å². The molecule has 0 aromatic heterocycles. The molecule has 21 heavy (non-hydrogen) atoms. The van der Waals surface area contributed by atoms with E-state index in [0.29, 0.717) is 0 Å². The van der Waals surface area contributed by atoms with Gasteiger partial charge in [0.1, 0.15) is 0 Å². The molecule has 2 rings (SSSR count). The van der Waals surface area contributed by atoms with E-state index in [9.17, 15) is 0 Å². The van der Waals surface area contributed by atoms with Crippen molar-refractivity contribution < 1.29 is 0 Å². The fourth-order valence-electron chi connectivity index (χ4n) is 2.57. The largest absolute Gasteiger partial charge is 0.302 e. The van der Waals surface area contributed by atoms with Crippen LogP contribution < -0.4 is 0 Å². The van der Waals surface area contributed by atoms with Crippen molar-refractivity contribution in [2.24, 2.45) is 5.92 Å². The van der Waals surface area contributed by atoms with Gasteiger partial charge in [0, 0.05) is 19.6 Å². The van der Waals surface area contributed by atoms with Crippen LogP contribution in [-0.2, 0) is 6.54 Å². The molecule has 0 N–H and O–H groups in total. The first-order valence-electron chi connectivity index (χ1n) is 8.60. The Morgan fingerprint density at radius 3 is 2.24 bits per heavy atom. The number of rotatable bonds is 5. The average molecular weight is 290 g/mol. The van der Waals surface area contributed by atoms with Crippen LogP contribution in [-0.4, -0.2) is 43.0 Å². The maximum Gasteiger partial charge on any atom is 0.0231 e. The third-order valence-electron chi connectivity index (χ3n) is 3.97. The van der Waals surface area contributed by atoms with Gasteiger partial charge in [0.15, 0.2) is 0 Å². The van der Waals surface area contributed by atoms with Crippen molar-refractivity contribution in [3.8, 4) is 0 Å². The molecule has 1 heterocycles. The Hall–Kier alpha value is -0.860. The van der Waals surface area contributed by atoms with Gasteiger partial charge < -0.3 is 9.80 Å². The number of hydrogen-bond donors (Lipinski definition) is 0. The summed E-state index contributed by atoms with van der Waals surface area (Å²) in [6.07, 6.45) is 4.00. The molecular formula is C19H34N2. The van der Waals surface area contributed by atoms with E-state index in [1.54, 1.807) is 0 Å². The van der Waals surface area contributed by atoms with Crippen molar-refractivity contribution in [2.75, 3.05) is 33.2 Å². The molecule has 1 aromatic carbocycles. The Morgan fingerprint density at radius 2 is 1.67 bits per heavy atom. The quantitative estimate of drug-likeness (QED) is 0.799. The van der Waals surface area contributed by atoms with Crippen LogP contribution in [0.15, 0.2) is 30.3 Å². The van der Waals surface area contributed by atoms with Crippen LogP contribution >= 0.6 is 0 Å². The summed E-state index contributed by atoms with van der Waals surface area (Å²) >= 11 is 0. The summed E-state index contributed by atoms with van der Waals surface area (Å²) in [6.45, 7) is 12.7. The van der Waals surface area contributed by atoms with E-state index in [1.165, 1.54) is 51.0 Å². The molecule has 0 unspecified atom stereocenters. The molecular weight excluding hydrogens is 256 g/mol. The van der Waals surface area contributed by atoms with E-state index < -0.39 is 0 Å². The lowest BCUT2D eigenvalue weighted by atomic mass is 9.99. The van der Waals surface area contributed by atoms with Crippen LogP contribution in [0.25, 0.3) is 0 Å². The zero-order valence-corrected chi connectivity index (χ0v) is 14.5. The fraction of sp³-hybridized carbons (Fsp3) is 0.684. The normalized spacial score (nSPS) is 16.6. The van der Waals surface area contributed by atoms with Gasteiger partial charge >= 0.3 is 0 Å². The molecule has 120 valence electrons. The highest BCUT2D eigenvalue weighted by atomic mass is 15.2. The fourth-order valence-corrected chi connectivity index (χ4v) is 2.57. The number of hydrogen-bond acceptors (Lipinski definition) is 2. The molecule has 1 aliphatic rings. The maximum atomic E-state index is 2.61. The molecule has 1 aromatic rings. The molecule has 0 aliphatic carbocycles. The maximum absolute atomic E-state index is 2.61. The van der Waals surface area contributed by atoms with Gasteiger partial charge in [-0.2, -0.15) is 0 Å². The number of nitrogens with zero attached hydrogens (tertiary/aromatic N) is 2. The van der Waals surface area contributed by atoms with E-state index >= 15 is 0 Å². The second-order valence-corrected chi connectivity index (χ2v) is 6.45. The Morgan fingerprint density at radius 1 is 1.10 bits per heavy atom. The van der Waals surface area contributed by atoms with Gasteiger partial charge in [-0.3, -0.25) is 0 Å². The molecule has 0 bridgehead atoms. The van der Waals surface area contributed by atoms with E-state index in [1.807, 2.05) is 0 Å². The predicted octanol–water partition coefficient (Wildman–Crippen LogP) is 4.27. The second kappa shape index (κ2) is 10.8. The molecule has 0 spiro atoms. The number of piperidine rings is 1. The van der Waals surface area contributed by atoms with E-state index in [4.69, 9.17) is 0 Å². The SMILES string of the molecule is CC1CCN(CCN(C)Cc2ccccc2)CC1.CCC. The molecule has 0 atom stereocenters. The molecule has 0 saturated carbocycles. The first kappa shape index (κ1) is 18.2. The summed E-state index contributed by atoms with van der Waals surface area (Å²) in [5.74, 6) is 0.934. The smallest absolute Gasteiger partial charge is 0.0231 e. The average Bonchev–Trinajstić information content (AvgIpc) is 2.48. The Labute approximate surface area is 132 Å². The minimum atomic E-state index is 0.934. The van der Waals surface area contributed by atoms with Crippen molar-refractivity contribution in [2.45, 2.75) is 46.6 Å². The summed E-state index contributed by atoms with van der Waals surface area (Å²) in [7, 11) is 2.22. The highest BCUT2D eigenvalue weighted by Gasteiger charge is 2.15. The van der Waals surface area contributed by atoms with Gasteiger partial charge in [-0.15, -0.1) is 0 Å².